The number of amides is 1. The summed E-state index contributed by atoms with van der Waals surface area (Å²) in [5, 5.41) is 3.05. The van der Waals surface area contributed by atoms with Crippen LogP contribution in [0.3, 0.4) is 0 Å². The van der Waals surface area contributed by atoms with Gasteiger partial charge in [-0.1, -0.05) is 19.1 Å². The quantitative estimate of drug-likeness (QED) is 0.770. The van der Waals surface area contributed by atoms with Gasteiger partial charge in [-0.25, -0.2) is 0 Å². The Bertz CT molecular complexity index is 438. The predicted octanol–water partition coefficient (Wildman–Crippen LogP) is 3.05. The maximum atomic E-state index is 12.2. The Morgan fingerprint density at radius 3 is 2.17 bits per heavy atom. The highest BCUT2D eigenvalue weighted by atomic mass is 35.5. The van der Waals surface area contributed by atoms with E-state index >= 15 is 0 Å². The minimum absolute atomic E-state index is 0. The van der Waals surface area contributed by atoms with Crippen molar-refractivity contribution in [3.05, 3.63) is 35.4 Å². The highest BCUT2D eigenvalue weighted by Gasteiger charge is 2.12. The van der Waals surface area contributed by atoms with Crippen molar-refractivity contribution in [3.8, 4) is 0 Å². The van der Waals surface area contributed by atoms with Gasteiger partial charge in [-0.3, -0.25) is 9.69 Å². The van der Waals surface area contributed by atoms with E-state index in [2.05, 4.69) is 43.1 Å². The van der Waals surface area contributed by atoms with Crippen molar-refractivity contribution < 1.29 is 4.79 Å². The molecule has 134 valence electrons. The third-order valence-electron chi connectivity index (χ3n) is 3.77. The maximum Gasteiger partial charge on any atom is 0.253 e. The first-order valence-corrected chi connectivity index (χ1v) is 7.72. The topological polar surface area (TPSA) is 35.6 Å². The first kappa shape index (κ1) is 24.4. The van der Waals surface area contributed by atoms with E-state index in [4.69, 9.17) is 0 Å². The van der Waals surface area contributed by atoms with Crippen molar-refractivity contribution >= 4 is 30.7 Å². The first-order chi connectivity index (χ1) is 9.99. The fourth-order valence-corrected chi connectivity index (χ4v) is 2.25. The second kappa shape index (κ2) is 12.6. The van der Waals surface area contributed by atoms with E-state index in [0.29, 0.717) is 12.6 Å². The van der Waals surface area contributed by atoms with Gasteiger partial charge in [-0.05, 0) is 45.1 Å². The Kier molecular flexibility index (Phi) is 13.4. The molecule has 0 aliphatic heterocycles. The Labute approximate surface area is 153 Å². The van der Waals surface area contributed by atoms with Gasteiger partial charge in [0.15, 0.2) is 0 Å². The molecule has 0 aromatic heterocycles. The van der Waals surface area contributed by atoms with Crippen LogP contribution in [0, 0.1) is 0 Å². The fraction of sp³-hybridized carbons (Fsp3) is 0.588. The number of hydrogen-bond acceptors (Lipinski definition) is 3. The fourth-order valence-electron chi connectivity index (χ4n) is 2.25. The van der Waals surface area contributed by atoms with Crippen LogP contribution >= 0.6 is 24.8 Å². The smallest absolute Gasteiger partial charge is 0.253 e. The van der Waals surface area contributed by atoms with E-state index in [0.717, 1.165) is 25.2 Å². The lowest BCUT2D eigenvalue weighted by Gasteiger charge is -2.24. The number of nitrogens with one attached hydrogen (secondary N) is 1. The molecule has 0 unspecified atom stereocenters. The predicted molar refractivity (Wildman–Crippen MR) is 103 cm³/mol. The molecule has 6 heteroatoms. The normalized spacial score (nSPS) is 10.2. The maximum absolute atomic E-state index is 12.2. The van der Waals surface area contributed by atoms with Crippen molar-refractivity contribution in [1.29, 1.82) is 0 Å². The molecule has 4 nitrogen and oxygen atoms in total. The molecular formula is C17H31Cl2N3O. The second-order valence-electron chi connectivity index (χ2n) is 5.68. The van der Waals surface area contributed by atoms with Crippen LogP contribution < -0.4 is 5.32 Å². The van der Waals surface area contributed by atoms with Crippen LogP contribution in [0.5, 0.6) is 0 Å². The molecule has 1 N–H and O–H groups in total. The zero-order valence-corrected chi connectivity index (χ0v) is 16.5. The number of benzene rings is 1. The lowest BCUT2D eigenvalue weighted by atomic mass is 10.1. The van der Waals surface area contributed by atoms with Crippen LogP contribution in [0.4, 0.5) is 0 Å². The van der Waals surface area contributed by atoms with Gasteiger partial charge in [-0.2, -0.15) is 0 Å². The summed E-state index contributed by atoms with van der Waals surface area (Å²) in [6.45, 7) is 10.1. The summed E-state index contributed by atoms with van der Waals surface area (Å²) in [5.41, 5.74) is 2.00. The molecule has 0 spiro atoms. The zero-order valence-electron chi connectivity index (χ0n) is 14.8. The van der Waals surface area contributed by atoms with Gasteiger partial charge in [0.1, 0.15) is 0 Å². The van der Waals surface area contributed by atoms with Gasteiger partial charge >= 0.3 is 0 Å². The average Bonchev–Trinajstić information content (AvgIpc) is 2.49. The van der Waals surface area contributed by atoms with Crippen molar-refractivity contribution in [3.63, 3.8) is 0 Å². The van der Waals surface area contributed by atoms with Gasteiger partial charge in [0, 0.05) is 38.3 Å². The molecule has 0 aliphatic rings. The molecule has 1 aromatic rings. The third-order valence-corrected chi connectivity index (χ3v) is 3.77. The Morgan fingerprint density at radius 1 is 1.17 bits per heavy atom. The number of halogens is 2. The van der Waals surface area contributed by atoms with Crippen LogP contribution in [0.15, 0.2) is 24.3 Å². The molecule has 0 bridgehead atoms. The molecule has 1 aromatic carbocycles. The van der Waals surface area contributed by atoms with E-state index in [9.17, 15) is 4.79 Å². The molecule has 1 rings (SSSR count). The summed E-state index contributed by atoms with van der Waals surface area (Å²) in [5.74, 6) is 0.0769. The Balaban J connectivity index is 0. The third kappa shape index (κ3) is 8.02. The van der Waals surface area contributed by atoms with Gasteiger partial charge < -0.3 is 10.2 Å². The Morgan fingerprint density at radius 2 is 1.74 bits per heavy atom. The molecule has 0 saturated heterocycles. The molecule has 0 heterocycles. The molecule has 1 amide bonds. The van der Waals surface area contributed by atoms with E-state index in [1.165, 1.54) is 5.56 Å². The SMILES string of the molecule is CCN(Cc1ccc(C(=O)N(C)CCNC)cc1)C(C)C.Cl.Cl. The van der Waals surface area contributed by atoms with Gasteiger partial charge in [0.05, 0.1) is 0 Å². The number of hydrogen-bond donors (Lipinski definition) is 1. The summed E-state index contributed by atoms with van der Waals surface area (Å²) < 4.78 is 0. The highest BCUT2D eigenvalue weighted by molar-refractivity contribution is 5.94. The van der Waals surface area contributed by atoms with Crippen LogP contribution in [-0.4, -0.2) is 55.5 Å². The highest BCUT2D eigenvalue weighted by Crippen LogP contribution is 2.11. The molecule has 0 radical (unpaired) electrons. The minimum Gasteiger partial charge on any atom is -0.340 e. The first-order valence-electron chi connectivity index (χ1n) is 7.72. The molecule has 0 atom stereocenters. The Hall–Kier alpha value is -0.810. The summed E-state index contributed by atoms with van der Waals surface area (Å²) in [6.07, 6.45) is 0. The second-order valence-corrected chi connectivity index (χ2v) is 5.68. The molecule has 0 fully saturated rings. The summed E-state index contributed by atoms with van der Waals surface area (Å²) >= 11 is 0. The van der Waals surface area contributed by atoms with Gasteiger partial charge in [-0.15, -0.1) is 24.8 Å². The molecular weight excluding hydrogens is 333 g/mol. The standard InChI is InChI=1S/C17H29N3O.2ClH/c1-6-20(14(2)3)13-15-7-9-16(10-8-15)17(21)19(5)12-11-18-4;;/h7-10,14,18H,6,11-13H2,1-5H3;2*1H. The van der Waals surface area contributed by atoms with Gasteiger partial charge in [0.25, 0.3) is 5.91 Å². The minimum atomic E-state index is 0. The van der Waals surface area contributed by atoms with Crippen LogP contribution in [0.1, 0.15) is 36.7 Å². The van der Waals surface area contributed by atoms with Gasteiger partial charge in [0.2, 0.25) is 0 Å². The monoisotopic (exact) mass is 363 g/mol. The lowest BCUT2D eigenvalue weighted by Crippen LogP contribution is -2.32. The number of nitrogens with zero attached hydrogens (tertiary/aromatic N) is 2. The summed E-state index contributed by atoms with van der Waals surface area (Å²) in [6, 6.07) is 8.52. The van der Waals surface area contributed by atoms with E-state index in [1.807, 2.05) is 26.2 Å². The van der Waals surface area contributed by atoms with Crippen LogP contribution in [0.25, 0.3) is 0 Å². The van der Waals surface area contributed by atoms with Crippen LogP contribution in [0.2, 0.25) is 0 Å². The largest absolute Gasteiger partial charge is 0.340 e. The number of carbonyl (C=O) groups is 1. The van der Waals surface area contributed by atoms with Crippen LogP contribution in [-0.2, 0) is 6.54 Å². The molecule has 0 aliphatic carbocycles. The molecule has 0 saturated carbocycles. The van der Waals surface area contributed by atoms with E-state index in [1.54, 1.807) is 4.90 Å². The van der Waals surface area contributed by atoms with E-state index in [-0.39, 0.29) is 30.7 Å². The number of carbonyl (C=O) groups excluding carboxylic acids is 1. The zero-order chi connectivity index (χ0) is 15.8. The lowest BCUT2D eigenvalue weighted by molar-refractivity contribution is 0.0797. The van der Waals surface area contributed by atoms with Crippen molar-refractivity contribution in [1.82, 2.24) is 15.1 Å². The van der Waals surface area contributed by atoms with Crippen molar-refractivity contribution in [2.24, 2.45) is 0 Å². The van der Waals surface area contributed by atoms with Crippen molar-refractivity contribution in [2.75, 3.05) is 33.7 Å². The average molecular weight is 364 g/mol. The number of rotatable bonds is 8. The molecule has 23 heavy (non-hydrogen) atoms. The van der Waals surface area contributed by atoms with Crippen molar-refractivity contribution in [2.45, 2.75) is 33.4 Å². The summed E-state index contributed by atoms with van der Waals surface area (Å²) in [4.78, 5) is 16.4. The van der Waals surface area contributed by atoms with E-state index < -0.39 is 0 Å². The number of likely N-dealkylation sites (N-methyl/N-ethyl adjacent to an activating group) is 2. The summed E-state index contributed by atoms with van der Waals surface area (Å²) in [7, 11) is 3.73.